The van der Waals surface area contributed by atoms with Gasteiger partial charge in [0.1, 0.15) is 17.5 Å². The Bertz CT molecular complexity index is 768. The molecule has 0 spiro atoms. The fourth-order valence-electron chi connectivity index (χ4n) is 1.97. The molecule has 0 atom stereocenters. The first-order valence-corrected chi connectivity index (χ1v) is 5.45. The third-order valence-electron chi connectivity index (χ3n) is 2.84. The molecule has 4 heteroatoms. The molecule has 0 aliphatic heterocycles. The number of fused-ring (bicyclic) bond motifs is 1. The van der Waals surface area contributed by atoms with Crippen LogP contribution in [0.1, 0.15) is 5.56 Å². The molecule has 0 fully saturated rings. The molecule has 2 aromatic heterocycles. The number of nitriles is 1. The van der Waals surface area contributed by atoms with E-state index in [1.807, 2.05) is 34.9 Å². The highest BCUT2D eigenvalue weighted by Crippen LogP contribution is 2.25. The number of phenolic OH excluding ortho intramolecular Hbond substituents is 1. The van der Waals surface area contributed by atoms with Gasteiger partial charge < -0.3 is 5.11 Å². The lowest BCUT2D eigenvalue weighted by atomic mass is 10.1. The number of pyridine rings is 1. The van der Waals surface area contributed by atoms with Gasteiger partial charge in [-0.2, -0.15) is 5.26 Å². The fourth-order valence-corrected chi connectivity index (χ4v) is 1.97. The third-order valence-corrected chi connectivity index (χ3v) is 2.84. The molecule has 3 rings (SSSR count). The van der Waals surface area contributed by atoms with E-state index in [2.05, 4.69) is 4.98 Å². The zero-order chi connectivity index (χ0) is 12.5. The summed E-state index contributed by atoms with van der Waals surface area (Å²) in [6.07, 6.45) is 3.59. The van der Waals surface area contributed by atoms with Crippen molar-refractivity contribution in [3.05, 3.63) is 54.4 Å². The van der Waals surface area contributed by atoms with Crippen LogP contribution in [0, 0.1) is 11.3 Å². The Balaban J connectivity index is 2.27. The minimum Gasteiger partial charge on any atom is -0.507 e. The molecule has 0 amide bonds. The monoisotopic (exact) mass is 235 g/mol. The Morgan fingerprint density at radius 3 is 2.94 bits per heavy atom. The van der Waals surface area contributed by atoms with Crippen molar-refractivity contribution < 1.29 is 5.11 Å². The summed E-state index contributed by atoms with van der Waals surface area (Å²) in [6, 6.07) is 12.7. The summed E-state index contributed by atoms with van der Waals surface area (Å²) in [4.78, 5) is 4.21. The zero-order valence-corrected chi connectivity index (χ0v) is 9.41. The van der Waals surface area contributed by atoms with E-state index in [1.165, 1.54) is 6.07 Å². The van der Waals surface area contributed by atoms with Gasteiger partial charge in [0, 0.05) is 18.0 Å². The zero-order valence-electron chi connectivity index (χ0n) is 9.41. The van der Waals surface area contributed by atoms with Crippen LogP contribution in [0.15, 0.2) is 48.8 Å². The van der Waals surface area contributed by atoms with E-state index in [0.29, 0.717) is 0 Å². The second-order valence-corrected chi connectivity index (χ2v) is 3.91. The molecule has 0 aliphatic rings. The first-order valence-electron chi connectivity index (χ1n) is 5.45. The van der Waals surface area contributed by atoms with Crippen molar-refractivity contribution in [3.8, 4) is 23.1 Å². The van der Waals surface area contributed by atoms with Crippen molar-refractivity contribution in [2.75, 3.05) is 0 Å². The molecule has 0 aliphatic carbocycles. The minimum absolute atomic E-state index is 0.000874. The predicted molar refractivity (Wildman–Crippen MR) is 67.0 cm³/mol. The number of imidazole rings is 1. The largest absolute Gasteiger partial charge is 0.507 e. The molecule has 0 radical (unpaired) electrons. The van der Waals surface area contributed by atoms with Crippen LogP contribution < -0.4 is 0 Å². The Hall–Kier alpha value is -2.80. The average Bonchev–Trinajstić information content (AvgIpc) is 2.87. The van der Waals surface area contributed by atoms with Gasteiger partial charge in [-0.05, 0) is 30.3 Å². The van der Waals surface area contributed by atoms with E-state index in [-0.39, 0.29) is 11.3 Å². The van der Waals surface area contributed by atoms with Gasteiger partial charge >= 0.3 is 0 Å². The predicted octanol–water partition coefficient (Wildman–Crippen LogP) is 2.58. The molecule has 0 unspecified atom stereocenters. The molecule has 86 valence electrons. The molecule has 0 saturated heterocycles. The van der Waals surface area contributed by atoms with Gasteiger partial charge in [0.25, 0.3) is 0 Å². The van der Waals surface area contributed by atoms with Crippen LogP contribution in [0.4, 0.5) is 0 Å². The number of phenols is 1. The van der Waals surface area contributed by atoms with Crippen molar-refractivity contribution in [2.45, 2.75) is 0 Å². The normalized spacial score (nSPS) is 10.4. The van der Waals surface area contributed by atoms with Crippen LogP contribution in [0.25, 0.3) is 16.9 Å². The lowest BCUT2D eigenvalue weighted by Gasteiger charge is -2.06. The van der Waals surface area contributed by atoms with Crippen LogP contribution in [0.5, 0.6) is 5.75 Å². The smallest absolute Gasteiger partial charge is 0.137 e. The maximum absolute atomic E-state index is 9.51. The quantitative estimate of drug-likeness (QED) is 0.705. The molecular formula is C14H9N3O. The summed E-state index contributed by atoms with van der Waals surface area (Å²) in [5.41, 5.74) is 2.91. The maximum atomic E-state index is 9.51. The molecule has 0 saturated carbocycles. The topological polar surface area (TPSA) is 61.3 Å². The highest BCUT2D eigenvalue weighted by Gasteiger charge is 2.07. The summed E-state index contributed by atoms with van der Waals surface area (Å²) in [6.45, 7) is 0. The van der Waals surface area contributed by atoms with E-state index in [4.69, 9.17) is 5.26 Å². The van der Waals surface area contributed by atoms with Crippen molar-refractivity contribution in [2.24, 2.45) is 0 Å². The van der Waals surface area contributed by atoms with Crippen LogP contribution >= 0.6 is 0 Å². The lowest BCUT2D eigenvalue weighted by Crippen LogP contribution is -1.91. The summed E-state index contributed by atoms with van der Waals surface area (Å²) >= 11 is 0. The Labute approximate surface area is 103 Å². The summed E-state index contributed by atoms with van der Waals surface area (Å²) in [7, 11) is 0. The summed E-state index contributed by atoms with van der Waals surface area (Å²) in [5, 5.41) is 18.4. The van der Waals surface area contributed by atoms with Crippen molar-refractivity contribution in [1.82, 2.24) is 9.38 Å². The van der Waals surface area contributed by atoms with Gasteiger partial charge in [-0.25, -0.2) is 4.98 Å². The number of hydrogen-bond acceptors (Lipinski definition) is 3. The van der Waals surface area contributed by atoms with Gasteiger partial charge in [-0.1, -0.05) is 6.07 Å². The molecule has 1 aromatic carbocycles. The number of rotatable bonds is 1. The molecule has 0 bridgehead atoms. The molecule has 3 aromatic rings. The summed E-state index contributed by atoms with van der Waals surface area (Å²) in [5.74, 6) is -0.000874. The fraction of sp³-hybridized carbons (Fsp3) is 0. The minimum atomic E-state index is -0.000874. The third kappa shape index (κ3) is 1.50. The van der Waals surface area contributed by atoms with Crippen molar-refractivity contribution >= 4 is 5.65 Å². The van der Waals surface area contributed by atoms with Gasteiger partial charge in [0.05, 0.1) is 11.3 Å². The van der Waals surface area contributed by atoms with Crippen LogP contribution in [0.2, 0.25) is 0 Å². The first-order chi connectivity index (χ1) is 8.79. The maximum Gasteiger partial charge on any atom is 0.137 e. The van der Waals surface area contributed by atoms with E-state index < -0.39 is 0 Å². The second kappa shape index (κ2) is 3.90. The lowest BCUT2D eigenvalue weighted by molar-refractivity contribution is 0.473. The highest BCUT2D eigenvalue weighted by atomic mass is 16.3. The number of benzene rings is 1. The standard InChI is InChI=1S/C14H9N3O/c15-9-11-8-10(4-5-13(11)18)12-2-1-3-14-16-6-7-17(12)14/h1-8,18H. The van der Waals surface area contributed by atoms with Gasteiger partial charge in [-0.15, -0.1) is 0 Å². The first kappa shape index (κ1) is 10.4. The second-order valence-electron chi connectivity index (χ2n) is 3.91. The van der Waals surface area contributed by atoms with Crippen LogP contribution in [0.3, 0.4) is 0 Å². The molecule has 2 heterocycles. The SMILES string of the molecule is N#Cc1cc(-c2cccc3nccn23)ccc1O. The van der Waals surface area contributed by atoms with Gasteiger partial charge in [0.15, 0.2) is 0 Å². The molecule has 18 heavy (non-hydrogen) atoms. The molecule has 1 N–H and O–H groups in total. The van der Waals surface area contributed by atoms with E-state index in [9.17, 15) is 5.11 Å². The van der Waals surface area contributed by atoms with Crippen molar-refractivity contribution in [3.63, 3.8) is 0 Å². The Morgan fingerprint density at radius 1 is 1.22 bits per heavy atom. The summed E-state index contributed by atoms with van der Waals surface area (Å²) < 4.78 is 1.94. The highest BCUT2D eigenvalue weighted by molar-refractivity contribution is 5.67. The number of hydrogen-bond donors (Lipinski definition) is 1. The van der Waals surface area contributed by atoms with E-state index in [0.717, 1.165) is 16.9 Å². The van der Waals surface area contributed by atoms with E-state index >= 15 is 0 Å². The van der Waals surface area contributed by atoms with Crippen LogP contribution in [-0.2, 0) is 0 Å². The van der Waals surface area contributed by atoms with Gasteiger partial charge in [-0.3, -0.25) is 4.40 Å². The van der Waals surface area contributed by atoms with Crippen LogP contribution in [-0.4, -0.2) is 14.5 Å². The average molecular weight is 235 g/mol. The number of nitrogens with zero attached hydrogens (tertiary/aromatic N) is 3. The number of aromatic nitrogens is 2. The Kier molecular flexibility index (Phi) is 2.24. The van der Waals surface area contributed by atoms with E-state index in [1.54, 1.807) is 18.3 Å². The molecule has 4 nitrogen and oxygen atoms in total. The Morgan fingerprint density at radius 2 is 2.11 bits per heavy atom. The number of aromatic hydroxyl groups is 1. The van der Waals surface area contributed by atoms with Crippen molar-refractivity contribution in [1.29, 1.82) is 5.26 Å². The van der Waals surface area contributed by atoms with Gasteiger partial charge in [0.2, 0.25) is 0 Å². The molecular weight excluding hydrogens is 226 g/mol.